The topological polar surface area (TPSA) is 94.1 Å². The van der Waals surface area contributed by atoms with Crippen LogP contribution in [0.3, 0.4) is 0 Å². The van der Waals surface area contributed by atoms with Gasteiger partial charge in [0.1, 0.15) is 6.04 Å². The first kappa shape index (κ1) is 21.1. The largest absolute Gasteiger partial charge is 0.493 e. The molecule has 2 rings (SSSR count). The summed E-state index contributed by atoms with van der Waals surface area (Å²) < 4.78 is 15.9. The molecule has 7 heteroatoms. The van der Waals surface area contributed by atoms with E-state index in [2.05, 4.69) is 5.32 Å². The van der Waals surface area contributed by atoms with Crippen molar-refractivity contribution in [1.29, 1.82) is 0 Å². The van der Waals surface area contributed by atoms with E-state index in [9.17, 15) is 14.7 Å². The number of hydrogen-bond donors (Lipinski definition) is 2. The van der Waals surface area contributed by atoms with Gasteiger partial charge in [-0.3, -0.25) is 4.79 Å². The first-order valence-electron chi connectivity index (χ1n) is 8.83. The molecular weight excluding hydrogens is 362 g/mol. The van der Waals surface area contributed by atoms with Crippen molar-refractivity contribution in [2.45, 2.75) is 25.3 Å². The fourth-order valence-electron chi connectivity index (χ4n) is 2.85. The lowest BCUT2D eigenvalue weighted by Crippen LogP contribution is -2.42. The summed E-state index contributed by atoms with van der Waals surface area (Å²) in [6.45, 7) is 0. The van der Waals surface area contributed by atoms with Crippen molar-refractivity contribution in [2.24, 2.45) is 0 Å². The Kier molecular flexibility index (Phi) is 7.68. The van der Waals surface area contributed by atoms with Gasteiger partial charge in [-0.15, -0.1) is 0 Å². The highest BCUT2D eigenvalue weighted by atomic mass is 16.5. The monoisotopic (exact) mass is 387 g/mol. The minimum atomic E-state index is -1.06. The second kappa shape index (κ2) is 10.2. The minimum Gasteiger partial charge on any atom is -0.493 e. The molecule has 0 aliphatic carbocycles. The average molecular weight is 387 g/mol. The normalized spacial score (nSPS) is 11.4. The van der Waals surface area contributed by atoms with Crippen LogP contribution >= 0.6 is 0 Å². The molecule has 0 saturated carbocycles. The Hall–Kier alpha value is -3.22. The molecule has 0 bridgehead atoms. The van der Waals surface area contributed by atoms with E-state index in [0.717, 1.165) is 11.1 Å². The second-order valence-electron chi connectivity index (χ2n) is 6.18. The van der Waals surface area contributed by atoms with Gasteiger partial charge in [0.05, 0.1) is 21.3 Å². The summed E-state index contributed by atoms with van der Waals surface area (Å²) in [5, 5.41) is 12.0. The molecule has 0 spiro atoms. The number of carboxylic acids is 1. The fraction of sp³-hybridized carbons (Fsp3) is 0.333. The van der Waals surface area contributed by atoms with Crippen LogP contribution in [-0.2, 0) is 22.4 Å². The zero-order chi connectivity index (χ0) is 20.5. The van der Waals surface area contributed by atoms with Crippen molar-refractivity contribution >= 4 is 11.9 Å². The third-order valence-corrected chi connectivity index (χ3v) is 4.28. The van der Waals surface area contributed by atoms with Gasteiger partial charge in [-0.2, -0.15) is 0 Å². The van der Waals surface area contributed by atoms with Gasteiger partial charge in [-0.05, 0) is 29.7 Å². The van der Waals surface area contributed by atoms with Gasteiger partial charge in [0.15, 0.2) is 11.5 Å². The second-order valence-corrected chi connectivity index (χ2v) is 6.18. The van der Waals surface area contributed by atoms with Gasteiger partial charge in [-0.1, -0.05) is 30.3 Å². The lowest BCUT2D eigenvalue weighted by molar-refractivity contribution is -0.141. The molecular formula is C21H25NO6. The number of carboxylic acid groups (broad SMARTS) is 1. The number of carbonyl (C=O) groups excluding carboxylic acids is 1. The summed E-state index contributed by atoms with van der Waals surface area (Å²) in [5.41, 5.74) is 1.67. The van der Waals surface area contributed by atoms with Crippen molar-refractivity contribution < 1.29 is 28.9 Å². The summed E-state index contributed by atoms with van der Waals surface area (Å²) in [5.74, 6) is 0.0866. The van der Waals surface area contributed by atoms with Crippen molar-refractivity contribution in [1.82, 2.24) is 5.32 Å². The maximum atomic E-state index is 12.3. The van der Waals surface area contributed by atoms with Gasteiger partial charge < -0.3 is 24.6 Å². The molecule has 1 amide bonds. The molecule has 1 atom stereocenters. The quantitative estimate of drug-likeness (QED) is 0.650. The van der Waals surface area contributed by atoms with Crippen LogP contribution in [0.4, 0.5) is 0 Å². The molecule has 2 aromatic rings. The number of hydrogen-bond acceptors (Lipinski definition) is 5. The van der Waals surface area contributed by atoms with Crippen molar-refractivity contribution in [2.75, 3.05) is 21.3 Å². The Balaban J connectivity index is 2.01. The summed E-state index contributed by atoms with van der Waals surface area (Å²) in [6.07, 6.45) is 0.767. The minimum absolute atomic E-state index is 0.136. The van der Waals surface area contributed by atoms with Crippen LogP contribution in [0.5, 0.6) is 17.2 Å². The van der Waals surface area contributed by atoms with E-state index >= 15 is 0 Å². The lowest BCUT2D eigenvalue weighted by Gasteiger charge is -2.16. The SMILES string of the molecule is COc1cc(CCC(=O)N[C@@H](Cc2ccccc2)C(=O)O)cc(OC)c1OC. The molecule has 0 heterocycles. The van der Waals surface area contributed by atoms with E-state index in [4.69, 9.17) is 14.2 Å². The molecule has 0 aromatic heterocycles. The lowest BCUT2D eigenvalue weighted by atomic mass is 10.0. The fourth-order valence-corrected chi connectivity index (χ4v) is 2.85. The number of nitrogens with one attached hydrogen (secondary N) is 1. The smallest absolute Gasteiger partial charge is 0.326 e. The van der Waals surface area contributed by atoms with E-state index in [1.807, 2.05) is 30.3 Å². The summed E-state index contributed by atoms with van der Waals surface area (Å²) >= 11 is 0. The predicted octanol–water partition coefficient (Wildman–Crippen LogP) is 2.46. The summed E-state index contributed by atoms with van der Waals surface area (Å²) in [7, 11) is 4.57. The van der Waals surface area contributed by atoms with Crippen LogP contribution < -0.4 is 19.5 Å². The average Bonchev–Trinajstić information content (AvgIpc) is 2.71. The molecule has 2 aromatic carbocycles. The van der Waals surface area contributed by atoms with Crippen molar-refractivity contribution in [3.05, 3.63) is 53.6 Å². The molecule has 7 nitrogen and oxygen atoms in total. The Bertz CT molecular complexity index is 781. The molecule has 0 fully saturated rings. The molecule has 2 N–H and O–H groups in total. The van der Waals surface area contributed by atoms with Gasteiger partial charge in [0.25, 0.3) is 0 Å². The standard InChI is InChI=1S/C21H25NO6/c1-26-17-12-15(13-18(27-2)20(17)28-3)9-10-19(23)22-16(21(24)25)11-14-7-5-4-6-8-14/h4-8,12-13,16H,9-11H2,1-3H3,(H,22,23)(H,24,25)/t16-/m0/s1. The van der Waals surface area contributed by atoms with E-state index in [0.29, 0.717) is 23.7 Å². The molecule has 150 valence electrons. The number of aliphatic carboxylic acids is 1. The number of carbonyl (C=O) groups is 2. The molecule has 28 heavy (non-hydrogen) atoms. The first-order valence-corrected chi connectivity index (χ1v) is 8.83. The van der Waals surface area contributed by atoms with E-state index in [1.54, 1.807) is 12.1 Å². The number of aryl methyl sites for hydroxylation is 1. The van der Waals surface area contributed by atoms with Gasteiger partial charge in [0, 0.05) is 12.8 Å². The zero-order valence-corrected chi connectivity index (χ0v) is 16.2. The van der Waals surface area contributed by atoms with Gasteiger partial charge >= 0.3 is 5.97 Å². The van der Waals surface area contributed by atoms with Gasteiger partial charge in [0.2, 0.25) is 11.7 Å². The molecule has 0 unspecified atom stereocenters. The molecule has 0 saturated heterocycles. The van der Waals surface area contributed by atoms with E-state index < -0.39 is 12.0 Å². The van der Waals surface area contributed by atoms with Crippen LogP contribution in [0.2, 0.25) is 0 Å². The number of methoxy groups -OCH3 is 3. The van der Waals surface area contributed by atoms with Crippen LogP contribution in [-0.4, -0.2) is 44.4 Å². The Morgan fingerprint density at radius 2 is 1.57 bits per heavy atom. The zero-order valence-electron chi connectivity index (χ0n) is 16.2. The predicted molar refractivity (Wildman–Crippen MR) is 104 cm³/mol. The molecule has 0 aliphatic heterocycles. The number of ether oxygens (including phenoxy) is 3. The van der Waals surface area contributed by atoms with Gasteiger partial charge in [-0.25, -0.2) is 4.79 Å². The third-order valence-electron chi connectivity index (χ3n) is 4.28. The maximum Gasteiger partial charge on any atom is 0.326 e. The van der Waals surface area contributed by atoms with Crippen LogP contribution in [0, 0.1) is 0 Å². The number of rotatable bonds is 10. The Morgan fingerprint density at radius 1 is 0.964 bits per heavy atom. The molecule has 0 radical (unpaired) electrons. The van der Waals surface area contributed by atoms with E-state index in [-0.39, 0.29) is 18.7 Å². The Labute approximate surface area is 164 Å². The highest BCUT2D eigenvalue weighted by molar-refractivity contribution is 5.83. The number of benzene rings is 2. The van der Waals surface area contributed by atoms with Crippen LogP contribution in [0.25, 0.3) is 0 Å². The van der Waals surface area contributed by atoms with Crippen LogP contribution in [0.15, 0.2) is 42.5 Å². The summed E-state index contributed by atoms with van der Waals surface area (Å²) in [6, 6.07) is 11.8. The highest BCUT2D eigenvalue weighted by Crippen LogP contribution is 2.38. The van der Waals surface area contributed by atoms with E-state index in [1.165, 1.54) is 21.3 Å². The third kappa shape index (κ3) is 5.64. The van der Waals surface area contributed by atoms with Crippen LogP contribution in [0.1, 0.15) is 17.5 Å². The maximum absolute atomic E-state index is 12.3. The summed E-state index contributed by atoms with van der Waals surface area (Å²) in [4.78, 5) is 23.8. The Morgan fingerprint density at radius 3 is 2.07 bits per heavy atom. The number of amides is 1. The first-order chi connectivity index (χ1) is 13.5. The van der Waals surface area contributed by atoms with Crippen molar-refractivity contribution in [3.8, 4) is 17.2 Å². The highest BCUT2D eigenvalue weighted by Gasteiger charge is 2.20. The van der Waals surface area contributed by atoms with Crippen molar-refractivity contribution in [3.63, 3.8) is 0 Å². The molecule has 0 aliphatic rings.